The van der Waals surface area contributed by atoms with E-state index in [0.29, 0.717) is 12.8 Å². The Morgan fingerprint density at radius 3 is 2.32 bits per heavy atom. The zero-order chi connectivity index (χ0) is 14.4. The minimum atomic E-state index is -3.36. The molecule has 19 heavy (non-hydrogen) atoms. The summed E-state index contributed by atoms with van der Waals surface area (Å²) in [6, 6.07) is 0. The van der Waals surface area contributed by atoms with Crippen molar-refractivity contribution < 1.29 is 18.3 Å². The summed E-state index contributed by atoms with van der Waals surface area (Å²) in [5, 5.41) is 10.4. The summed E-state index contributed by atoms with van der Waals surface area (Å²) in [6.45, 7) is 4.05. The summed E-state index contributed by atoms with van der Waals surface area (Å²) in [4.78, 5) is 0. The van der Waals surface area contributed by atoms with E-state index in [-0.39, 0.29) is 25.0 Å². The Kier molecular flexibility index (Phi) is 6.73. The fourth-order valence-electron chi connectivity index (χ4n) is 2.27. The normalized spacial score (nSPS) is 20.4. The third-order valence-electron chi connectivity index (χ3n) is 3.46. The Hall–Kier alpha value is -0.170. The molecule has 1 aliphatic rings. The van der Waals surface area contributed by atoms with E-state index >= 15 is 0 Å². The van der Waals surface area contributed by atoms with Crippen LogP contribution in [0.4, 0.5) is 0 Å². The number of ether oxygens (including phenoxy) is 1. The van der Waals surface area contributed by atoms with Gasteiger partial charge < -0.3 is 9.84 Å². The number of aliphatic hydroxyl groups is 1. The lowest BCUT2D eigenvalue weighted by Crippen LogP contribution is -2.43. The predicted molar refractivity (Wildman–Crippen MR) is 75.5 cm³/mol. The fourth-order valence-corrected chi connectivity index (χ4v) is 3.22. The molecule has 1 fully saturated rings. The first kappa shape index (κ1) is 16.9. The molecule has 0 aromatic rings. The molecule has 0 spiro atoms. The van der Waals surface area contributed by atoms with Crippen LogP contribution in [0.15, 0.2) is 0 Å². The maximum atomic E-state index is 11.8. The number of hydrogen-bond donors (Lipinski definition) is 2. The minimum Gasteiger partial charge on any atom is -0.389 e. The SMILES string of the molecule is CC(C)OCCS(=O)(=O)NCC1(O)CCCCCC1. The lowest BCUT2D eigenvalue weighted by atomic mass is 9.95. The second-order valence-electron chi connectivity index (χ2n) is 5.70. The van der Waals surface area contributed by atoms with Crippen molar-refractivity contribution in [2.75, 3.05) is 18.9 Å². The highest BCUT2D eigenvalue weighted by atomic mass is 32.2. The largest absolute Gasteiger partial charge is 0.389 e. The van der Waals surface area contributed by atoms with Gasteiger partial charge in [0.05, 0.1) is 24.1 Å². The van der Waals surface area contributed by atoms with Gasteiger partial charge in [-0.2, -0.15) is 0 Å². The molecule has 0 aromatic heterocycles. The van der Waals surface area contributed by atoms with Crippen LogP contribution in [0, 0.1) is 0 Å². The first-order valence-electron chi connectivity index (χ1n) is 7.14. The Morgan fingerprint density at radius 2 is 1.79 bits per heavy atom. The van der Waals surface area contributed by atoms with Crippen molar-refractivity contribution in [3.8, 4) is 0 Å². The summed E-state index contributed by atoms with van der Waals surface area (Å²) in [6.07, 6.45) is 5.56. The molecule has 114 valence electrons. The van der Waals surface area contributed by atoms with Gasteiger partial charge in [0.1, 0.15) is 0 Å². The van der Waals surface area contributed by atoms with Crippen LogP contribution < -0.4 is 4.72 Å². The molecule has 1 saturated carbocycles. The van der Waals surface area contributed by atoms with Gasteiger partial charge in [0.25, 0.3) is 0 Å². The van der Waals surface area contributed by atoms with E-state index in [9.17, 15) is 13.5 Å². The van der Waals surface area contributed by atoms with Gasteiger partial charge in [0, 0.05) is 6.54 Å². The Labute approximate surface area is 116 Å². The van der Waals surface area contributed by atoms with Crippen LogP contribution in [0.5, 0.6) is 0 Å². The maximum absolute atomic E-state index is 11.8. The first-order chi connectivity index (χ1) is 8.83. The molecule has 1 aliphatic carbocycles. The molecular weight excluding hydrogens is 266 g/mol. The third kappa shape index (κ3) is 7.25. The molecule has 6 heteroatoms. The molecule has 1 rings (SSSR count). The smallest absolute Gasteiger partial charge is 0.213 e. The van der Waals surface area contributed by atoms with E-state index in [1.165, 1.54) is 0 Å². The summed E-state index contributed by atoms with van der Waals surface area (Å²) in [7, 11) is -3.36. The van der Waals surface area contributed by atoms with Gasteiger partial charge in [0.2, 0.25) is 10.0 Å². The Morgan fingerprint density at radius 1 is 1.21 bits per heavy atom. The molecule has 0 bridgehead atoms. The van der Waals surface area contributed by atoms with Crippen LogP contribution in [-0.4, -0.2) is 44.1 Å². The van der Waals surface area contributed by atoms with Crippen LogP contribution in [0.2, 0.25) is 0 Å². The average Bonchev–Trinajstić information content (AvgIpc) is 2.52. The van der Waals surface area contributed by atoms with Crippen molar-refractivity contribution in [2.24, 2.45) is 0 Å². The van der Waals surface area contributed by atoms with Gasteiger partial charge in [-0.25, -0.2) is 13.1 Å². The second kappa shape index (κ2) is 7.57. The lowest BCUT2D eigenvalue weighted by Gasteiger charge is -2.26. The third-order valence-corrected chi connectivity index (χ3v) is 4.75. The predicted octanol–water partition coefficient (Wildman–Crippen LogP) is 1.42. The zero-order valence-corrected chi connectivity index (χ0v) is 12.8. The first-order valence-corrected chi connectivity index (χ1v) is 8.80. The number of rotatable bonds is 7. The van der Waals surface area contributed by atoms with Crippen LogP contribution in [0.25, 0.3) is 0 Å². The molecule has 0 radical (unpaired) electrons. The lowest BCUT2D eigenvalue weighted by molar-refractivity contribution is 0.0301. The van der Waals surface area contributed by atoms with Crippen molar-refractivity contribution in [2.45, 2.75) is 64.1 Å². The van der Waals surface area contributed by atoms with Gasteiger partial charge in [-0.1, -0.05) is 25.7 Å². The van der Waals surface area contributed by atoms with Gasteiger partial charge in [0.15, 0.2) is 0 Å². The highest BCUT2D eigenvalue weighted by Gasteiger charge is 2.29. The number of hydrogen-bond acceptors (Lipinski definition) is 4. The minimum absolute atomic E-state index is 0.0289. The maximum Gasteiger partial charge on any atom is 0.213 e. The fraction of sp³-hybridized carbons (Fsp3) is 1.00. The molecule has 0 aliphatic heterocycles. The molecular formula is C13H27NO4S. The molecule has 0 unspecified atom stereocenters. The van der Waals surface area contributed by atoms with Gasteiger partial charge in [-0.05, 0) is 26.7 Å². The van der Waals surface area contributed by atoms with Crippen LogP contribution in [-0.2, 0) is 14.8 Å². The number of sulfonamides is 1. The summed E-state index contributed by atoms with van der Waals surface area (Å²) < 4.78 is 31.3. The molecule has 0 saturated heterocycles. The van der Waals surface area contributed by atoms with Crippen molar-refractivity contribution in [1.82, 2.24) is 4.72 Å². The standard InChI is InChI=1S/C13H27NO4S/c1-12(2)18-9-10-19(16,17)14-11-13(15)7-5-3-4-6-8-13/h12,14-15H,3-11H2,1-2H3. The van der Waals surface area contributed by atoms with E-state index < -0.39 is 15.6 Å². The molecule has 0 aromatic carbocycles. The highest BCUT2D eigenvalue weighted by Crippen LogP contribution is 2.26. The highest BCUT2D eigenvalue weighted by molar-refractivity contribution is 7.89. The quantitative estimate of drug-likeness (QED) is 0.696. The van der Waals surface area contributed by atoms with Crippen LogP contribution in [0.3, 0.4) is 0 Å². The molecule has 0 heterocycles. The van der Waals surface area contributed by atoms with E-state index in [1.807, 2.05) is 13.8 Å². The van der Waals surface area contributed by atoms with Gasteiger partial charge in [-0.15, -0.1) is 0 Å². The van der Waals surface area contributed by atoms with Crippen molar-refractivity contribution in [3.63, 3.8) is 0 Å². The van der Waals surface area contributed by atoms with Crippen LogP contribution >= 0.6 is 0 Å². The van der Waals surface area contributed by atoms with Crippen molar-refractivity contribution in [3.05, 3.63) is 0 Å². The second-order valence-corrected chi connectivity index (χ2v) is 7.62. The molecule has 5 nitrogen and oxygen atoms in total. The van der Waals surface area contributed by atoms with E-state index in [4.69, 9.17) is 4.74 Å². The summed E-state index contributed by atoms with van der Waals surface area (Å²) in [5.74, 6) is -0.0543. The summed E-state index contributed by atoms with van der Waals surface area (Å²) >= 11 is 0. The average molecular weight is 293 g/mol. The molecule has 0 atom stereocenters. The monoisotopic (exact) mass is 293 g/mol. The number of nitrogens with one attached hydrogen (secondary N) is 1. The topological polar surface area (TPSA) is 75.6 Å². The summed E-state index contributed by atoms with van der Waals surface area (Å²) in [5.41, 5.74) is -0.873. The van der Waals surface area contributed by atoms with Gasteiger partial charge in [-0.3, -0.25) is 0 Å². The van der Waals surface area contributed by atoms with Crippen molar-refractivity contribution in [1.29, 1.82) is 0 Å². The zero-order valence-electron chi connectivity index (χ0n) is 12.0. The Bertz CT molecular complexity index is 346. The van der Waals surface area contributed by atoms with Gasteiger partial charge >= 0.3 is 0 Å². The molecule has 0 amide bonds. The van der Waals surface area contributed by atoms with E-state index in [0.717, 1.165) is 25.7 Å². The van der Waals surface area contributed by atoms with E-state index in [1.54, 1.807) is 0 Å². The molecule has 2 N–H and O–H groups in total. The van der Waals surface area contributed by atoms with Crippen molar-refractivity contribution >= 4 is 10.0 Å². The van der Waals surface area contributed by atoms with Crippen LogP contribution in [0.1, 0.15) is 52.4 Å². The Balaban J connectivity index is 2.36. The van der Waals surface area contributed by atoms with E-state index in [2.05, 4.69) is 4.72 Å².